The first-order chi connectivity index (χ1) is 9.02. The van der Waals surface area contributed by atoms with E-state index in [9.17, 15) is 4.39 Å². The molecule has 1 saturated carbocycles. The molecule has 0 radical (unpaired) electrons. The normalized spacial score (nSPS) is 30.2. The molecule has 1 aliphatic carbocycles. The largest absolute Gasteiger partial charge is 0.313 e. The van der Waals surface area contributed by atoms with Crippen molar-refractivity contribution < 1.29 is 4.39 Å². The molecular weight excluding hydrogens is 261 g/mol. The summed E-state index contributed by atoms with van der Waals surface area (Å²) in [6.07, 6.45) is 3.39. The van der Waals surface area contributed by atoms with Gasteiger partial charge in [-0.05, 0) is 54.8 Å². The van der Waals surface area contributed by atoms with Crippen LogP contribution in [0.15, 0.2) is 18.2 Å². The molecule has 0 bridgehead atoms. The molecule has 0 amide bonds. The van der Waals surface area contributed by atoms with E-state index in [0.29, 0.717) is 12.0 Å². The van der Waals surface area contributed by atoms with Crippen LogP contribution in [0, 0.1) is 11.2 Å². The predicted octanol–water partition coefficient (Wildman–Crippen LogP) is 4.75. The Balaban J connectivity index is 2.15. The molecule has 106 valence electrons. The highest BCUT2D eigenvalue weighted by Crippen LogP contribution is 2.55. The molecule has 0 aliphatic heterocycles. The maximum Gasteiger partial charge on any atom is 0.141 e. The molecule has 1 nitrogen and oxygen atoms in total. The van der Waals surface area contributed by atoms with Gasteiger partial charge in [-0.2, -0.15) is 0 Å². The van der Waals surface area contributed by atoms with Crippen LogP contribution in [0.3, 0.4) is 0 Å². The second-order valence-electron chi connectivity index (χ2n) is 5.83. The minimum Gasteiger partial charge on any atom is -0.313 e. The van der Waals surface area contributed by atoms with Gasteiger partial charge in [-0.25, -0.2) is 4.39 Å². The smallest absolute Gasteiger partial charge is 0.141 e. The summed E-state index contributed by atoms with van der Waals surface area (Å²) in [4.78, 5) is 0. The Kier molecular flexibility index (Phi) is 4.52. The van der Waals surface area contributed by atoms with Crippen LogP contribution in [0.2, 0.25) is 5.02 Å². The first kappa shape index (κ1) is 14.8. The van der Waals surface area contributed by atoms with Gasteiger partial charge < -0.3 is 5.32 Å². The Labute approximate surface area is 120 Å². The van der Waals surface area contributed by atoms with E-state index in [2.05, 4.69) is 26.1 Å². The van der Waals surface area contributed by atoms with Crippen molar-refractivity contribution in [2.45, 2.75) is 52.0 Å². The number of hydrogen-bond acceptors (Lipinski definition) is 1. The first-order valence-corrected chi connectivity index (χ1v) is 7.59. The molecule has 3 unspecified atom stereocenters. The number of hydrogen-bond donors (Lipinski definition) is 1. The molecule has 3 atom stereocenters. The molecule has 1 N–H and O–H groups in total. The molecule has 1 fully saturated rings. The monoisotopic (exact) mass is 283 g/mol. The zero-order chi connectivity index (χ0) is 14.0. The van der Waals surface area contributed by atoms with Crippen molar-refractivity contribution in [3.63, 3.8) is 0 Å². The van der Waals surface area contributed by atoms with Crippen LogP contribution in [0.4, 0.5) is 4.39 Å². The van der Waals surface area contributed by atoms with Crippen LogP contribution in [-0.4, -0.2) is 12.6 Å². The van der Waals surface area contributed by atoms with Gasteiger partial charge in [0.15, 0.2) is 0 Å². The van der Waals surface area contributed by atoms with Gasteiger partial charge in [0, 0.05) is 6.04 Å². The third kappa shape index (κ3) is 2.66. The van der Waals surface area contributed by atoms with E-state index in [1.165, 1.54) is 11.6 Å². The minimum atomic E-state index is -0.330. The summed E-state index contributed by atoms with van der Waals surface area (Å²) < 4.78 is 13.3. The third-order valence-corrected chi connectivity index (χ3v) is 5.10. The average molecular weight is 284 g/mol. The summed E-state index contributed by atoms with van der Waals surface area (Å²) >= 11 is 5.90. The summed E-state index contributed by atoms with van der Waals surface area (Å²) in [6.45, 7) is 7.81. The lowest BCUT2D eigenvalue weighted by molar-refractivity contribution is 0.0445. The number of halogens is 2. The Morgan fingerprint density at radius 2 is 2.16 bits per heavy atom. The van der Waals surface area contributed by atoms with Gasteiger partial charge in [0.05, 0.1) is 5.02 Å². The molecule has 19 heavy (non-hydrogen) atoms. The van der Waals surface area contributed by atoms with Crippen LogP contribution in [0.1, 0.15) is 51.5 Å². The van der Waals surface area contributed by atoms with Crippen molar-refractivity contribution in [2.24, 2.45) is 5.41 Å². The van der Waals surface area contributed by atoms with Gasteiger partial charge in [-0.1, -0.05) is 38.4 Å². The van der Waals surface area contributed by atoms with E-state index >= 15 is 0 Å². The van der Waals surface area contributed by atoms with Crippen molar-refractivity contribution in [1.82, 2.24) is 5.32 Å². The summed E-state index contributed by atoms with van der Waals surface area (Å²) in [5, 5.41) is 3.87. The summed E-state index contributed by atoms with van der Waals surface area (Å²) in [5.41, 5.74) is 1.42. The maximum atomic E-state index is 13.3. The predicted molar refractivity (Wildman–Crippen MR) is 79.2 cm³/mol. The maximum absolute atomic E-state index is 13.3. The topological polar surface area (TPSA) is 12.0 Å². The minimum absolute atomic E-state index is 0.237. The lowest BCUT2D eigenvalue weighted by atomic mass is 9.54. The number of benzene rings is 1. The fourth-order valence-electron chi connectivity index (χ4n) is 3.23. The van der Waals surface area contributed by atoms with E-state index in [4.69, 9.17) is 11.6 Å². The standard InChI is InChI=1S/C16H23ClFN/c1-4-8-19-15-10-12(16(15,3)5-2)11-6-7-14(18)13(17)9-11/h6-7,9,12,15,19H,4-5,8,10H2,1-3H3. The van der Waals surface area contributed by atoms with Gasteiger partial charge in [0.25, 0.3) is 0 Å². The second kappa shape index (κ2) is 5.80. The van der Waals surface area contributed by atoms with E-state index in [1.807, 2.05) is 6.07 Å². The van der Waals surface area contributed by atoms with Gasteiger partial charge in [0.1, 0.15) is 5.82 Å². The summed E-state index contributed by atoms with van der Waals surface area (Å²) in [7, 11) is 0. The molecule has 0 spiro atoms. The molecule has 0 heterocycles. The molecule has 2 rings (SSSR count). The molecule has 1 aliphatic rings. The van der Waals surface area contributed by atoms with Gasteiger partial charge in [0.2, 0.25) is 0 Å². The van der Waals surface area contributed by atoms with E-state index < -0.39 is 0 Å². The zero-order valence-corrected chi connectivity index (χ0v) is 12.7. The van der Waals surface area contributed by atoms with Crippen molar-refractivity contribution >= 4 is 11.6 Å². The lowest BCUT2D eigenvalue weighted by Crippen LogP contribution is -2.56. The molecule has 1 aromatic rings. The average Bonchev–Trinajstić information content (AvgIpc) is 2.40. The van der Waals surface area contributed by atoms with Crippen LogP contribution >= 0.6 is 11.6 Å². The summed E-state index contributed by atoms with van der Waals surface area (Å²) in [5.74, 6) is 0.147. The highest BCUT2D eigenvalue weighted by molar-refractivity contribution is 6.30. The lowest BCUT2D eigenvalue weighted by Gasteiger charge is -2.55. The van der Waals surface area contributed by atoms with Crippen LogP contribution in [0.25, 0.3) is 0 Å². The van der Waals surface area contributed by atoms with Gasteiger partial charge in [-0.15, -0.1) is 0 Å². The Morgan fingerprint density at radius 3 is 2.74 bits per heavy atom. The van der Waals surface area contributed by atoms with Gasteiger partial charge >= 0.3 is 0 Å². The molecule has 3 heteroatoms. The van der Waals surface area contributed by atoms with Crippen molar-refractivity contribution in [3.8, 4) is 0 Å². The Morgan fingerprint density at radius 1 is 1.42 bits per heavy atom. The molecule has 1 aromatic carbocycles. The second-order valence-corrected chi connectivity index (χ2v) is 6.24. The highest BCUT2D eigenvalue weighted by Gasteiger charge is 2.50. The first-order valence-electron chi connectivity index (χ1n) is 7.21. The molecule has 0 saturated heterocycles. The van der Waals surface area contributed by atoms with Crippen molar-refractivity contribution in [2.75, 3.05) is 6.54 Å². The van der Waals surface area contributed by atoms with Crippen LogP contribution in [-0.2, 0) is 0 Å². The fraction of sp³-hybridized carbons (Fsp3) is 0.625. The fourth-order valence-corrected chi connectivity index (χ4v) is 3.42. The Hall–Kier alpha value is -0.600. The van der Waals surface area contributed by atoms with Crippen molar-refractivity contribution in [1.29, 1.82) is 0 Å². The van der Waals surface area contributed by atoms with Crippen LogP contribution in [0.5, 0.6) is 0 Å². The SMILES string of the molecule is CCCNC1CC(c2ccc(F)c(Cl)c2)C1(C)CC. The van der Waals surface area contributed by atoms with E-state index in [1.54, 1.807) is 6.07 Å². The quantitative estimate of drug-likeness (QED) is 0.822. The van der Waals surface area contributed by atoms with Crippen molar-refractivity contribution in [3.05, 3.63) is 34.6 Å². The Bertz CT molecular complexity index is 448. The van der Waals surface area contributed by atoms with Gasteiger partial charge in [-0.3, -0.25) is 0 Å². The number of rotatable bonds is 5. The van der Waals surface area contributed by atoms with Crippen LogP contribution < -0.4 is 5.32 Å². The zero-order valence-electron chi connectivity index (χ0n) is 12.0. The van der Waals surface area contributed by atoms with E-state index in [-0.39, 0.29) is 16.3 Å². The molecule has 0 aromatic heterocycles. The number of nitrogens with one attached hydrogen (secondary N) is 1. The molecular formula is C16H23ClFN. The summed E-state index contributed by atoms with van der Waals surface area (Å²) in [6, 6.07) is 5.73. The van der Waals surface area contributed by atoms with E-state index in [0.717, 1.165) is 25.8 Å². The highest BCUT2D eigenvalue weighted by atomic mass is 35.5. The third-order valence-electron chi connectivity index (χ3n) is 4.81.